The van der Waals surface area contributed by atoms with E-state index in [1.54, 1.807) is 30.5 Å². The summed E-state index contributed by atoms with van der Waals surface area (Å²) >= 11 is 0. The minimum atomic E-state index is -3.43. The molecule has 4 aromatic rings. The zero-order valence-electron chi connectivity index (χ0n) is 14.4. The van der Waals surface area contributed by atoms with Crippen LogP contribution in [0.4, 0.5) is 0 Å². The van der Waals surface area contributed by atoms with Crippen molar-refractivity contribution in [3.63, 3.8) is 0 Å². The summed E-state index contributed by atoms with van der Waals surface area (Å²) in [6, 6.07) is 12.5. The molecule has 0 spiro atoms. The van der Waals surface area contributed by atoms with Crippen LogP contribution in [0, 0.1) is 0 Å². The Balaban J connectivity index is 1.36. The lowest BCUT2D eigenvalue weighted by atomic mass is 10.1. The largest absolute Gasteiger partial charge is 0.346 e. The van der Waals surface area contributed by atoms with Crippen LogP contribution in [0.1, 0.15) is 6.04 Å². The monoisotopic (exact) mass is 379 g/mol. The number of hydrogen-bond donors (Lipinski definition) is 1. The lowest BCUT2D eigenvalue weighted by molar-refractivity contribution is 0.191. The standard InChI is InChI=1S/C19H17N5O2S/c25-27(26,16-4-2-1-3-5-16)23-12-15(13-23)24-11-14(10-22-24)17-6-8-20-19-18(17)7-9-21-19/h1-11,15H,12-13H2,(H,20,21). The molecule has 27 heavy (non-hydrogen) atoms. The van der Waals surface area contributed by atoms with Gasteiger partial charge >= 0.3 is 0 Å². The molecule has 4 heterocycles. The molecule has 3 aromatic heterocycles. The topological polar surface area (TPSA) is 83.9 Å². The van der Waals surface area contributed by atoms with Gasteiger partial charge < -0.3 is 4.98 Å². The van der Waals surface area contributed by atoms with E-state index in [-0.39, 0.29) is 6.04 Å². The van der Waals surface area contributed by atoms with E-state index >= 15 is 0 Å². The van der Waals surface area contributed by atoms with Gasteiger partial charge in [-0.3, -0.25) is 4.68 Å². The molecule has 0 bridgehead atoms. The first kappa shape index (κ1) is 16.2. The summed E-state index contributed by atoms with van der Waals surface area (Å²) < 4.78 is 28.6. The van der Waals surface area contributed by atoms with E-state index in [4.69, 9.17) is 0 Å². The first-order valence-electron chi connectivity index (χ1n) is 8.65. The normalized spacial score (nSPS) is 15.9. The smallest absolute Gasteiger partial charge is 0.243 e. The fourth-order valence-electron chi connectivity index (χ4n) is 3.41. The molecule has 0 unspecified atom stereocenters. The maximum Gasteiger partial charge on any atom is 0.243 e. The molecule has 0 radical (unpaired) electrons. The Kier molecular flexibility index (Phi) is 3.63. The van der Waals surface area contributed by atoms with Crippen molar-refractivity contribution in [3.8, 4) is 11.1 Å². The second kappa shape index (κ2) is 6.04. The Morgan fingerprint density at radius 3 is 2.70 bits per heavy atom. The molecule has 5 rings (SSSR count). The SMILES string of the molecule is O=S(=O)(c1ccccc1)N1CC(n2cc(-c3ccnc4[nH]ccc34)cn2)C1. The second-order valence-electron chi connectivity index (χ2n) is 6.60. The van der Waals surface area contributed by atoms with Crippen LogP contribution in [-0.2, 0) is 10.0 Å². The molecule has 1 saturated heterocycles. The van der Waals surface area contributed by atoms with Crippen LogP contribution in [0.15, 0.2) is 72.1 Å². The lowest BCUT2D eigenvalue weighted by Gasteiger charge is -2.37. The summed E-state index contributed by atoms with van der Waals surface area (Å²) in [5.74, 6) is 0. The van der Waals surface area contributed by atoms with Crippen LogP contribution >= 0.6 is 0 Å². The van der Waals surface area contributed by atoms with Crippen LogP contribution in [0.3, 0.4) is 0 Å². The first-order chi connectivity index (χ1) is 13.1. The van der Waals surface area contributed by atoms with Gasteiger partial charge in [0.25, 0.3) is 0 Å². The third kappa shape index (κ3) is 2.65. The summed E-state index contributed by atoms with van der Waals surface area (Å²) in [4.78, 5) is 7.74. The Hall–Kier alpha value is -2.97. The van der Waals surface area contributed by atoms with Crippen molar-refractivity contribution in [2.24, 2.45) is 0 Å². The summed E-state index contributed by atoms with van der Waals surface area (Å²) in [5.41, 5.74) is 2.89. The number of fused-ring (bicyclic) bond motifs is 1. The number of benzene rings is 1. The van der Waals surface area contributed by atoms with Gasteiger partial charge in [-0.05, 0) is 29.8 Å². The predicted molar refractivity (Wildman–Crippen MR) is 102 cm³/mol. The van der Waals surface area contributed by atoms with Gasteiger partial charge in [0, 0.05) is 42.6 Å². The van der Waals surface area contributed by atoms with Gasteiger partial charge in [-0.2, -0.15) is 9.40 Å². The maximum absolute atomic E-state index is 12.6. The fraction of sp³-hybridized carbons (Fsp3) is 0.158. The van der Waals surface area contributed by atoms with Crippen LogP contribution in [-0.4, -0.2) is 45.6 Å². The number of rotatable bonds is 4. The van der Waals surface area contributed by atoms with Crippen LogP contribution in [0.2, 0.25) is 0 Å². The fourth-order valence-corrected chi connectivity index (χ4v) is 4.95. The molecule has 1 aliphatic heterocycles. The van der Waals surface area contributed by atoms with Crippen molar-refractivity contribution >= 4 is 21.1 Å². The molecule has 0 amide bonds. The van der Waals surface area contributed by atoms with E-state index in [2.05, 4.69) is 15.1 Å². The highest BCUT2D eigenvalue weighted by Gasteiger charge is 2.38. The zero-order chi connectivity index (χ0) is 18.4. The quantitative estimate of drug-likeness (QED) is 0.591. The number of aromatic nitrogens is 4. The zero-order valence-corrected chi connectivity index (χ0v) is 15.2. The first-order valence-corrected chi connectivity index (χ1v) is 10.1. The van der Waals surface area contributed by atoms with E-state index in [9.17, 15) is 8.42 Å². The van der Waals surface area contributed by atoms with E-state index in [1.165, 1.54) is 4.31 Å². The highest BCUT2D eigenvalue weighted by molar-refractivity contribution is 7.89. The van der Waals surface area contributed by atoms with Gasteiger partial charge in [0.1, 0.15) is 5.65 Å². The lowest BCUT2D eigenvalue weighted by Crippen LogP contribution is -2.50. The van der Waals surface area contributed by atoms with Crippen LogP contribution in [0.5, 0.6) is 0 Å². The van der Waals surface area contributed by atoms with Gasteiger partial charge in [0.2, 0.25) is 10.0 Å². The molecule has 0 saturated carbocycles. The molecule has 1 fully saturated rings. The number of nitrogens with one attached hydrogen (secondary N) is 1. The van der Waals surface area contributed by atoms with Crippen molar-refractivity contribution in [2.45, 2.75) is 10.9 Å². The predicted octanol–water partition coefficient (Wildman–Crippen LogP) is 2.67. The van der Waals surface area contributed by atoms with E-state index in [0.29, 0.717) is 18.0 Å². The number of pyridine rings is 1. The van der Waals surface area contributed by atoms with Crippen molar-refractivity contribution < 1.29 is 8.42 Å². The van der Waals surface area contributed by atoms with Gasteiger partial charge in [0.05, 0.1) is 17.1 Å². The molecule has 1 aromatic carbocycles. The van der Waals surface area contributed by atoms with E-state index < -0.39 is 10.0 Å². The minimum absolute atomic E-state index is 0.0424. The van der Waals surface area contributed by atoms with Crippen molar-refractivity contribution in [2.75, 3.05) is 13.1 Å². The summed E-state index contributed by atoms with van der Waals surface area (Å²) in [7, 11) is -3.43. The van der Waals surface area contributed by atoms with Crippen molar-refractivity contribution in [3.05, 3.63) is 67.3 Å². The maximum atomic E-state index is 12.6. The molecule has 1 N–H and O–H groups in total. The Bertz CT molecular complexity index is 1210. The third-order valence-corrected chi connectivity index (χ3v) is 6.80. The van der Waals surface area contributed by atoms with E-state index in [0.717, 1.165) is 22.2 Å². The Labute approximate surface area is 156 Å². The molecule has 1 aliphatic rings. The highest BCUT2D eigenvalue weighted by Crippen LogP contribution is 2.31. The van der Waals surface area contributed by atoms with Gasteiger partial charge in [-0.15, -0.1) is 0 Å². The summed E-state index contributed by atoms with van der Waals surface area (Å²) in [5, 5.41) is 5.50. The van der Waals surface area contributed by atoms with Gasteiger partial charge in [-0.1, -0.05) is 18.2 Å². The van der Waals surface area contributed by atoms with Gasteiger partial charge in [-0.25, -0.2) is 13.4 Å². The Morgan fingerprint density at radius 1 is 1.07 bits per heavy atom. The molecule has 8 heteroatoms. The summed E-state index contributed by atoms with van der Waals surface area (Å²) in [6.45, 7) is 0.850. The number of hydrogen-bond acceptors (Lipinski definition) is 4. The number of H-pyrrole nitrogens is 1. The van der Waals surface area contributed by atoms with Crippen LogP contribution < -0.4 is 0 Å². The number of nitrogens with zero attached hydrogens (tertiary/aromatic N) is 4. The summed E-state index contributed by atoms with van der Waals surface area (Å²) in [6.07, 6.45) is 7.42. The second-order valence-corrected chi connectivity index (χ2v) is 8.53. The van der Waals surface area contributed by atoms with Crippen molar-refractivity contribution in [1.29, 1.82) is 0 Å². The molecule has 0 aliphatic carbocycles. The van der Waals surface area contributed by atoms with Crippen molar-refractivity contribution in [1.82, 2.24) is 24.1 Å². The number of sulfonamides is 1. The average molecular weight is 379 g/mol. The minimum Gasteiger partial charge on any atom is -0.346 e. The molecule has 7 nitrogen and oxygen atoms in total. The third-order valence-electron chi connectivity index (χ3n) is 4.96. The van der Waals surface area contributed by atoms with E-state index in [1.807, 2.05) is 41.5 Å². The molecule has 0 atom stereocenters. The average Bonchev–Trinajstić information content (AvgIpc) is 3.30. The molecular formula is C19H17N5O2S. The molecule has 136 valence electrons. The van der Waals surface area contributed by atoms with Gasteiger partial charge in [0.15, 0.2) is 0 Å². The highest BCUT2D eigenvalue weighted by atomic mass is 32.2. The number of aromatic amines is 1. The van der Waals surface area contributed by atoms with Crippen LogP contribution in [0.25, 0.3) is 22.2 Å². The Morgan fingerprint density at radius 2 is 1.89 bits per heavy atom. The molecular weight excluding hydrogens is 362 g/mol.